The molecule has 2 heterocycles. The lowest BCUT2D eigenvalue weighted by atomic mass is 10.0. The summed E-state index contributed by atoms with van der Waals surface area (Å²) in [4.78, 5) is 23.6. The van der Waals surface area contributed by atoms with Crippen molar-refractivity contribution in [1.29, 1.82) is 0 Å². The number of ketones is 1. The van der Waals surface area contributed by atoms with Crippen LogP contribution >= 0.6 is 0 Å². The van der Waals surface area contributed by atoms with Crippen LogP contribution in [0.25, 0.3) is 10.9 Å². The van der Waals surface area contributed by atoms with Crippen molar-refractivity contribution < 1.29 is 18.7 Å². The third-order valence-corrected chi connectivity index (χ3v) is 6.94. The lowest BCUT2D eigenvalue weighted by molar-refractivity contribution is -0.114. The number of nitrogens with zero attached hydrogens (tertiary/aromatic N) is 3. The number of fused-ring (bicyclic) bond motifs is 2. The van der Waals surface area contributed by atoms with Gasteiger partial charge in [-0.05, 0) is 68.8 Å². The molecule has 7 nitrogen and oxygen atoms in total. The van der Waals surface area contributed by atoms with Crippen LogP contribution in [0.4, 0.5) is 15.9 Å². The van der Waals surface area contributed by atoms with E-state index in [1.807, 2.05) is 37.2 Å². The predicted molar refractivity (Wildman–Crippen MR) is 137 cm³/mol. The van der Waals surface area contributed by atoms with Crippen molar-refractivity contribution in [3.8, 4) is 5.75 Å². The Bertz CT molecular complexity index is 1300. The zero-order chi connectivity index (χ0) is 25.2. The predicted octanol–water partition coefficient (Wildman–Crippen LogP) is 4.32. The quantitative estimate of drug-likeness (QED) is 0.424. The highest BCUT2D eigenvalue weighted by Gasteiger charge is 2.54. The van der Waals surface area contributed by atoms with Crippen LogP contribution in [0.5, 0.6) is 5.75 Å². The molecule has 0 radical (unpaired) electrons. The number of ether oxygens (including phenoxy) is 2. The van der Waals surface area contributed by atoms with Crippen LogP contribution in [0.1, 0.15) is 11.1 Å². The fourth-order valence-corrected chi connectivity index (χ4v) is 4.79. The first-order chi connectivity index (χ1) is 17.4. The van der Waals surface area contributed by atoms with E-state index in [-0.39, 0.29) is 18.0 Å². The molecule has 0 spiro atoms. The van der Waals surface area contributed by atoms with Crippen molar-refractivity contribution in [2.45, 2.75) is 13.3 Å². The second-order valence-corrected chi connectivity index (χ2v) is 9.94. The van der Waals surface area contributed by atoms with E-state index in [0.717, 1.165) is 29.9 Å². The normalized spacial score (nSPS) is 20.8. The Morgan fingerprint density at radius 3 is 2.78 bits per heavy atom. The average Bonchev–Trinajstić information content (AvgIpc) is 3.26. The molecule has 1 aliphatic heterocycles. The molecule has 0 amide bonds. The number of allylic oxidation sites excluding steroid dienone is 1. The third-order valence-electron chi connectivity index (χ3n) is 6.94. The maximum atomic E-state index is 13.7. The Hall–Kier alpha value is -3.36. The summed E-state index contributed by atoms with van der Waals surface area (Å²) in [6.07, 6.45) is 5.18. The molecule has 188 valence electrons. The number of aromatic nitrogens is 2. The molecule has 1 aliphatic carbocycles. The minimum atomic E-state index is -0.260. The molecule has 2 atom stereocenters. The monoisotopic (exact) mass is 490 g/mol. The Morgan fingerprint density at radius 1 is 1.22 bits per heavy atom. The zero-order valence-electron chi connectivity index (χ0n) is 20.8. The average molecular weight is 491 g/mol. The first-order valence-electron chi connectivity index (χ1n) is 12.2. The highest BCUT2D eigenvalue weighted by molar-refractivity contribution is 5.96. The van der Waals surface area contributed by atoms with Crippen molar-refractivity contribution in [3.05, 3.63) is 65.8 Å². The fraction of sp³-hybridized carbons (Fsp3) is 0.393. The zero-order valence-corrected chi connectivity index (χ0v) is 20.8. The van der Waals surface area contributed by atoms with Gasteiger partial charge in [0.2, 0.25) is 0 Å². The van der Waals surface area contributed by atoms with Gasteiger partial charge in [0.15, 0.2) is 5.78 Å². The van der Waals surface area contributed by atoms with E-state index in [0.29, 0.717) is 53.6 Å². The molecule has 3 aromatic rings. The Balaban J connectivity index is 1.43. The maximum absolute atomic E-state index is 13.7. The number of hydrogen-bond donors (Lipinski definition) is 1. The molecule has 2 aliphatic rings. The summed E-state index contributed by atoms with van der Waals surface area (Å²) < 4.78 is 25.5. The van der Waals surface area contributed by atoms with E-state index < -0.39 is 0 Å². The summed E-state index contributed by atoms with van der Waals surface area (Å²) in [5.41, 5.74) is 2.76. The molecule has 2 unspecified atom stereocenters. The number of aryl methyl sites for hydroxylation is 1. The van der Waals surface area contributed by atoms with E-state index >= 15 is 0 Å². The van der Waals surface area contributed by atoms with Crippen LogP contribution in [0.2, 0.25) is 0 Å². The van der Waals surface area contributed by atoms with Gasteiger partial charge in [0, 0.05) is 41.6 Å². The number of carbonyl (C=O) groups is 1. The van der Waals surface area contributed by atoms with Gasteiger partial charge in [-0.1, -0.05) is 6.08 Å². The molecule has 36 heavy (non-hydrogen) atoms. The summed E-state index contributed by atoms with van der Waals surface area (Å²) in [6, 6.07) is 8.65. The van der Waals surface area contributed by atoms with Gasteiger partial charge in [0.1, 0.15) is 23.7 Å². The van der Waals surface area contributed by atoms with Crippen LogP contribution in [-0.2, 0) is 16.0 Å². The molecule has 1 saturated heterocycles. The van der Waals surface area contributed by atoms with Crippen molar-refractivity contribution in [2.75, 3.05) is 45.8 Å². The Kier molecular flexibility index (Phi) is 6.98. The SMILES string of the molecule is Cc1cc(Nc2ncnc3cc(OCC4C5COCC54)c(CC(=O)/C=C/CN(C)C)cc23)ccc1F. The maximum Gasteiger partial charge on any atom is 0.159 e. The van der Waals surface area contributed by atoms with Gasteiger partial charge in [-0.2, -0.15) is 0 Å². The minimum absolute atomic E-state index is 0.00161. The minimum Gasteiger partial charge on any atom is -0.493 e. The number of anilines is 2. The Morgan fingerprint density at radius 2 is 2.03 bits per heavy atom. The van der Waals surface area contributed by atoms with Crippen LogP contribution in [0, 0.1) is 30.5 Å². The van der Waals surface area contributed by atoms with Gasteiger partial charge in [0.05, 0.1) is 25.3 Å². The first-order valence-corrected chi connectivity index (χ1v) is 12.2. The molecule has 1 N–H and O–H groups in total. The second kappa shape index (κ2) is 10.3. The number of halogens is 1. The largest absolute Gasteiger partial charge is 0.493 e. The van der Waals surface area contributed by atoms with E-state index in [1.54, 1.807) is 25.1 Å². The molecule has 2 aromatic carbocycles. The molecular formula is C28H31FN4O3. The first kappa shape index (κ1) is 24.3. The molecule has 2 fully saturated rings. The number of likely N-dealkylation sites (N-methyl/N-ethyl adjacent to an activating group) is 1. The van der Waals surface area contributed by atoms with Gasteiger partial charge in [-0.25, -0.2) is 14.4 Å². The van der Waals surface area contributed by atoms with E-state index in [1.165, 1.54) is 12.4 Å². The number of rotatable bonds is 10. The lowest BCUT2D eigenvalue weighted by Gasteiger charge is -2.15. The van der Waals surface area contributed by atoms with Gasteiger partial charge in [0.25, 0.3) is 0 Å². The van der Waals surface area contributed by atoms with Gasteiger partial charge in [-0.15, -0.1) is 0 Å². The lowest BCUT2D eigenvalue weighted by Crippen LogP contribution is -2.12. The molecule has 5 rings (SSSR count). The van der Waals surface area contributed by atoms with Crippen molar-refractivity contribution in [1.82, 2.24) is 14.9 Å². The molecule has 1 saturated carbocycles. The van der Waals surface area contributed by atoms with Crippen LogP contribution < -0.4 is 10.1 Å². The second-order valence-electron chi connectivity index (χ2n) is 9.94. The van der Waals surface area contributed by atoms with Crippen molar-refractivity contribution in [3.63, 3.8) is 0 Å². The molecule has 1 aromatic heterocycles. The van der Waals surface area contributed by atoms with Gasteiger partial charge < -0.3 is 19.7 Å². The summed E-state index contributed by atoms with van der Waals surface area (Å²) in [6.45, 7) is 4.63. The van der Waals surface area contributed by atoms with E-state index in [9.17, 15) is 9.18 Å². The van der Waals surface area contributed by atoms with Crippen LogP contribution in [0.15, 0.2) is 48.8 Å². The summed E-state index contributed by atoms with van der Waals surface area (Å²) >= 11 is 0. The topological polar surface area (TPSA) is 76.6 Å². The number of benzene rings is 2. The van der Waals surface area contributed by atoms with E-state index in [4.69, 9.17) is 9.47 Å². The highest BCUT2D eigenvalue weighted by atomic mass is 19.1. The summed E-state index contributed by atoms with van der Waals surface area (Å²) in [5.74, 6) is 2.67. The standard InChI is InChI=1S/C28H31FN4O3/c1-17-9-19(6-7-25(17)29)32-28-21-11-18(10-20(34)5-4-8-33(2)3)27(12-26(21)30-16-31-28)36-15-24-22-13-35-14-23(22)24/h4-7,9,11-12,16,22-24H,8,10,13-15H2,1-3H3,(H,30,31,32)/b5-4+. The number of hydrogen-bond acceptors (Lipinski definition) is 7. The van der Waals surface area contributed by atoms with E-state index in [2.05, 4.69) is 15.3 Å². The summed E-state index contributed by atoms with van der Waals surface area (Å²) in [7, 11) is 3.92. The number of nitrogens with one attached hydrogen (secondary N) is 1. The fourth-order valence-electron chi connectivity index (χ4n) is 4.79. The van der Waals surface area contributed by atoms with Crippen molar-refractivity contribution >= 4 is 28.2 Å². The Labute approximate surface area is 210 Å². The van der Waals surface area contributed by atoms with Crippen LogP contribution in [0.3, 0.4) is 0 Å². The van der Waals surface area contributed by atoms with Gasteiger partial charge >= 0.3 is 0 Å². The van der Waals surface area contributed by atoms with Crippen LogP contribution in [-0.4, -0.2) is 61.1 Å². The highest BCUT2D eigenvalue weighted by Crippen LogP contribution is 2.50. The smallest absolute Gasteiger partial charge is 0.159 e. The molecular weight excluding hydrogens is 459 g/mol. The van der Waals surface area contributed by atoms with Crippen molar-refractivity contribution in [2.24, 2.45) is 17.8 Å². The van der Waals surface area contributed by atoms with Gasteiger partial charge in [-0.3, -0.25) is 4.79 Å². The number of carbonyl (C=O) groups excluding carboxylic acids is 1. The molecule has 0 bridgehead atoms. The third kappa shape index (κ3) is 5.39. The molecule has 8 heteroatoms. The summed E-state index contributed by atoms with van der Waals surface area (Å²) in [5, 5.41) is 4.04.